The SMILES string of the molecule is CC(C)c1nc2c(n1C)CCN(c1cnc(C(=O)O)cn1)C2. The first-order valence-corrected chi connectivity index (χ1v) is 7.32. The van der Waals surface area contributed by atoms with E-state index in [-0.39, 0.29) is 5.69 Å². The van der Waals surface area contributed by atoms with Gasteiger partial charge in [0.25, 0.3) is 0 Å². The Bertz CT molecular complexity index is 705. The van der Waals surface area contributed by atoms with Gasteiger partial charge in [-0.15, -0.1) is 0 Å². The number of nitrogens with zero attached hydrogens (tertiary/aromatic N) is 5. The van der Waals surface area contributed by atoms with Gasteiger partial charge in [0.1, 0.15) is 11.6 Å². The lowest BCUT2D eigenvalue weighted by molar-refractivity contribution is 0.0690. The maximum absolute atomic E-state index is 10.8. The number of hydrogen-bond donors (Lipinski definition) is 1. The number of fused-ring (bicyclic) bond motifs is 1. The molecule has 116 valence electrons. The van der Waals surface area contributed by atoms with Gasteiger partial charge in [-0.1, -0.05) is 13.8 Å². The monoisotopic (exact) mass is 301 g/mol. The van der Waals surface area contributed by atoms with Gasteiger partial charge in [-0.25, -0.2) is 19.7 Å². The molecule has 0 saturated carbocycles. The maximum Gasteiger partial charge on any atom is 0.356 e. The lowest BCUT2D eigenvalue weighted by Gasteiger charge is -2.27. The Hall–Kier alpha value is -2.44. The van der Waals surface area contributed by atoms with Crippen molar-refractivity contribution >= 4 is 11.8 Å². The number of aromatic nitrogens is 4. The van der Waals surface area contributed by atoms with E-state index >= 15 is 0 Å². The zero-order chi connectivity index (χ0) is 15.9. The van der Waals surface area contributed by atoms with E-state index in [0.717, 1.165) is 24.5 Å². The standard InChI is InChI=1S/C15H19N5O2/c1-9(2)14-18-11-8-20(5-4-12(11)19(14)3)13-7-16-10(6-17-13)15(21)22/h6-7,9H,4-5,8H2,1-3H3,(H,21,22). The Labute approximate surface area is 128 Å². The van der Waals surface area contributed by atoms with E-state index in [1.54, 1.807) is 0 Å². The zero-order valence-electron chi connectivity index (χ0n) is 12.9. The predicted octanol–water partition coefficient (Wildman–Crippen LogP) is 1.59. The lowest BCUT2D eigenvalue weighted by atomic mass is 10.1. The molecule has 0 spiro atoms. The normalized spacial score (nSPS) is 14.3. The van der Waals surface area contributed by atoms with Crippen molar-refractivity contribution in [1.29, 1.82) is 0 Å². The van der Waals surface area contributed by atoms with Crippen molar-refractivity contribution in [3.8, 4) is 0 Å². The summed E-state index contributed by atoms with van der Waals surface area (Å²) < 4.78 is 2.19. The summed E-state index contributed by atoms with van der Waals surface area (Å²) in [5, 5.41) is 8.87. The third-order valence-electron chi connectivity index (χ3n) is 3.99. The number of carboxylic acids is 1. The van der Waals surface area contributed by atoms with Crippen molar-refractivity contribution in [3.63, 3.8) is 0 Å². The van der Waals surface area contributed by atoms with Gasteiger partial charge in [-0.3, -0.25) is 0 Å². The van der Waals surface area contributed by atoms with Crippen LogP contribution in [0.2, 0.25) is 0 Å². The summed E-state index contributed by atoms with van der Waals surface area (Å²) in [6, 6.07) is 0. The largest absolute Gasteiger partial charge is 0.476 e. The Balaban J connectivity index is 1.85. The Morgan fingerprint density at radius 3 is 2.68 bits per heavy atom. The lowest BCUT2D eigenvalue weighted by Crippen LogP contribution is -2.31. The molecule has 1 aliphatic heterocycles. The summed E-state index contributed by atoms with van der Waals surface area (Å²) in [6.07, 6.45) is 3.71. The summed E-state index contributed by atoms with van der Waals surface area (Å²) in [5.74, 6) is 1.11. The van der Waals surface area contributed by atoms with Crippen LogP contribution in [0.15, 0.2) is 12.4 Å². The molecule has 22 heavy (non-hydrogen) atoms. The molecule has 3 rings (SSSR count). The van der Waals surface area contributed by atoms with Gasteiger partial charge in [0.2, 0.25) is 0 Å². The molecule has 1 aliphatic rings. The van der Waals surface area contributed by atoms with E-state index in [0.29, 0.717) is 18.3 Å². The van der Waals surface area contributed by atoms with Crippen LogP contribution in [0, 0.1) is 0 Å². The summed E-state index contributed by atoms with van der Waals surface area (Å²) in [4.78, 5) is 25.8. The molecule has 0 amide bonds. The molecule has 2 aromatic rings. The summed E-state index contributed by atoms with van der Waals surface area (Å²) in [6.45, 7) is 5.78. The summed E-state index contributed by atoms with van der Waals surface area (Å²) >= 11 is 0. The van der Waals surface area contributed by atoms with Crippen molar-refractivity contribution in [3.05, 3.63) is 35.3 Å². The molecule has 0 aliphatic carbocycles. The molecule has 7 heteroatoms. The van der Waals surface area contributed by atoms with Crippen LogP contribution in [-0.2, 0) is 20.0 Å². The van der Waals surface area contributed by atoms with Crippen molar-refractivity contribution < 1.29 is 9.90 Å². The van der Waals surface area contributed by atoms with Gasteiger partial charge in [0.05, 0.1) is 24.6 Å². The van der Waals surface area contributed by atoms with E-state index in [9.17, 15) is 4.79 Å². The first kappa shape index (κ1) is 14.5. The van der Waals surface area contributed by atoms with Crippen molar-refractivity contribution in [2.24, 2.45) is 7.05 Å². The van der Waals surface area contributed by atoms with Crippen molar-refractivity contribution in [1.82, 2.24) is 19.5 Å². The number of hydrogen-bond acceptors (Lipinski definition) is 5. The third kappa shape index (κ3) is 2.43. The van der Waals surface area contributed by atoms with Gasteiger partial charge in [0, 0.05) is 31.6 Å². The number of anilines is 1. The Morgan fingerprint density at radius 1 is 1.32 bits per heavy atom. The van der Waals surface area contributed by atoms with E-state index in [2.05, 4.69) is 40.3 Å². The molecule has 0 unspecified atom stereocenters. The minimum Gasteiger partial charge on any atom is -0.476 e. The molecule has 0 saturated heterocycles. The average Bonchev–Trinajstić information content (AvgIpc) is 2.84. The third-order valence-corrected chi connectivity index (χ3v) is 3.99. The van der Waals surface area contributed by atoms with Gasteiger partial charge >= 0.3 is 5.97 Å². The van der Waals surface area contributed by atoms with Crippen LogP contribution >= 0.6 is 0 Å². The first-order chi connectivity index (χ1) is 10.5. The molecule has 2 aromatic heterocycles. The minimum atomic E-state index is -1.06. The fourth-order valence-corrected chi connectivity index (χ4v) is 2.86. The van der Waals surface area contributed by atoms with Crippen LogP contribution in [0.4, 0.5) is 5.82 Å². The highest BCUT2D eigenvalue weighted by Gasteiger charge is 2.24. The Morgan fingerprint density at radius 2 is 2.09 bits per heavy atom. The van der Waals surface area contributed by atoms with E-state index in [4.69, 9.17) is 10.1 Å². The highest BCUT2D eigenvalue weighted by molar-refractivity contribution is 5.84. The molecular formula is C15H19N5O2. The number of carbonyl (C=O) groups is 1. The quantitative estimate of drug-likeness (QED) is 0.927. The minimum absolute atomic E-state index is 0.0404. The topological polar surface area (TPSA) is 84.1 Å². The van der Waals surface area contributed by atoms with Gasteiger partial charge in [0.15, 0.2) is 5.69 Å². The molecule has 0 bridgehead atoms. The van der Waals surface area contributed by atoms with Gasteiger partial charge < -0.3 is 14.6 Å². The molecule has 0 fully saturated rings. The first-order valence-electron chi connectivity index (χ1n) is 7.32. The van der Waals surface area contributed by atoms with Crippen molar-refractivity contribution in [2.45, 2.75) is 32.7 Å². The van der Waals surface area contributed by atoms with Crippen LogP contribution in [0.1, 0.15) is 47.5 Å². The smallest absolute Gasteiger partial charge is 0.356 e. The number of aromatic carboxylic acids is 1. The highest BCUT2D eigenvalue weighted by Crippen LogP contribution is 2.25. The Kier molecular flexibility index (Phi) is 3.56. The second-order valence-corrected chi connectivity index (χ2v) is 5.81. The van der Waals surface area contributed by atoms with Crippen LogP contribution < -0.4 is 4.90 Å². The van der Waals surface area contributed by atoms with Crippen LogP contribution in [0.3, 0.4) is 0 Å². The summed E-state index contributed by atoms with van der Waals surface area (Å²) in [7, 11) is 2.07. The second kappa shape index (κ2) is 5.40. The fraction of sp³-hybridized carbons (Fsp3) is 0.467. The average molecular weight is 301 g/mol. The summed E-state index contributed by atoms with van der Waals surface area (Å²) in [5.41, 5.74) is 2.30. The van der Waals surface area contributed by atoms with E-state index in [1.807, 2.05) is 0 Å². The van der Waals surface area contributed by atoms with Crippen LogP contribution in [0.25, 0.3) is 0 Å². The van der Waals surface area contributed by atoms with E-state index in [1.165, 1.54) is 18.1 Å². The zero-order valence-corrected chi connectivity index (χ0v) is 12.9. The molecule has 0 atom stereocenters. The molecule has 0 aromatic carbocycles. The molecule has 0 radical (unpaired) electrons. The number of imidazole rings is 1. The molecule has 7 nitrogen and oxygen atoms in total. The predicted molar refractivity (Wildman–Crippen MR) is 81.0 cm³/mol. The van der Waals surface area contributed by atoms with Crippen molar-refractivity contribution in [2.75, 3.05) is 11.4 Å². The van der Waals surface area contributed by atoms with Gasteiger partial charge in [-0.2, -0.15) is 0 Å². The van der Waals surface area contributed by atoms with Crippen LogP contribution in [0.5, 0.6) is 0 Å². The highest BCUT2D eigenvalue weighted by atomic mass is 16.4. The van der Waals surface area contributed by atoms with Gasteiger partial charge in [-0.05, 0) is 0 Å². The second-order valence-electron chi connectivity index (χ2n) is 5.81. The number of carboxylic acid groups (broad SMARTS) is 1. The van der Waals surface area contributed by atoms with Crippen LogP contribution in [-0.4, -0.2) is 37.1 Å². The maximum atomic E-state index is 10.8. The fourth-order valence-electron chi connectivity index (χ4n) is 2.86. The van der Waals surface area contributed by atoms with E-state index < -0.39 is 5.97 Å². The molecule has 1 N–H and O–H groups in total. The molecule has 3 heterocycles. The number of rotatable bonds is 3. The molecular weight excluding hydrogens is 282 g/mol.